The Bertz CT molecular complexity index is 345. The van der Waals surface area contributed by atoms with E-state index in [9.17, 15) is 4.79 Å². The van der Waals surface area contributed by atoms with Gasteiger partial charge in [0.25, 0.3) is 0 Å². The first kappa shape index (κ1) is 11.2. The van der Waals surface area contributed by atoms with Gasteiger partial charge in [0, 0.05) is 15.6 Å². The van der Waals surface area contributed by atoms with Gasteiger partial charge < -0.3 is 4.74 Å². The molecule has 0 aliphatic heterocycles. The number of carbonyl (C=O) groups excluding carboxylic acids is 1. The number of hydrogen-bond acceptors (Lipinski definition) is 2. The van der Waals surface area contributed by atoms with Gasteiger partial charge >= 0.3 is 0 Å². The molecule has 0 fully saturated rings. The molecule has 0 bridgehead atoms. The molecule has 1 aromatic carbocycles. The highest BCUT2D eigenvalue weighted by atomic mass is 79.9. The summed E-state index contributed by atoms with van der Waals surface area (Å²) in [6.45, 7) is 4.17. The quantitative estimate of drug-likeness (QED) is 0.776. The maximum Gasteiger partial charge on any atom is 0.150 e. The predicted molar refractivity (Wildman–Crippen MR) is 60.2 cm³/mol. The Kier molecular flexibility index (Phi) is 3.69. The first-order chi connectivity index (χ1) is 6.60. The van der Waals surface area contributed by atoms with Gasteiger partial charge in [0.15, 0.2) is 0 Å². The molecule has 14 heavy (non-hydrogen) atoms. The fourth-order valence-corrected chi connectivity index (χ4v) is 2.33. The molecule has 0 saturated heterocycles. The van der Waals surface area contributed by atoms with Gasteiger partial charge in [0.05, 0.1) is 7.11 Å². The molecule has 3 heteroatoms. The van der Waals surface area contributed by atoms with E-state index in [0.29, 0.717) is 11.5 Å². The molecule has 0 spiro atoms. The smallest absolute Gasteiger partial charge is 0.150 e. The molecule has 0 aromatic heterocycles. The highest BCUT2D eigenvalue weighted by molar-refractivity contribution is 9.10. The third kappa shape index (κ3) is 2.15. The van der Waals surface area contributed by atoms with E-state index < -0.39 is 0 Å². The van der Waals surface area contributed by atoms with Gasteiger partial charge in [-0.15, -0.1) is 0 Å². The van der Waals surface area contributed by atoms with Gasteiger partial charge in [0.2, 0.25) is 0 Å². The molecule has 0 N–H and O–H groups in total. The number of benzene rings is 1. The Morgan fingerprint density at radius 1 is 1.43 bits per heavy atom. The van der Waals surface area contributed by atoms with Crippen molar-refractivity contribution in [1.82, 2.24) is 0 Å². The van der Waals surface area contributed by atoms with Gasteiger partial charge in [-0.05, 0) is 18.1 Å². The van der Waals surface area contributed by atoms with E-state index in [-0.39, 0.29) is 0 Å². The van der Waals surface area contributed by atoms with Crippen LogP contribution in [0.25, 0.3) is 0 Å². The van der Waals surface area contributed by atoms with Crippen molar-refractivity contribution < 1.29 is 9.53 Å². The van der Waals surface area contributed by atoms with Crippen molar-refractivity contribution in [3.63, 3.8) is 0 Å². The zero-order valence-corrected chi connectivity index (χ0v) is 10.1. The predicted octanol–water partition coefficient (Wildman–Crippen LogP) is 3.39. The summed E-state index contributed by atoms with van der Waals surface area (Å²) in [4.78, 5) is 10.6. The van der Waals surface area contributed by atoms with E-state index in [1.165, 1.54) is 0 Å². The van der Waals surface area contributed by atoms with Crippen LogP contribution < -0.4 is 4.74 Å². The van der Waals surface area contributed by atoms with Crippen molar-refractivity contribution in [2.75, 3.05) is 7.11 Å². The number of hydrogen-bond donors (Lipinski definition) is 0. The van der Waals surface area contributed by atoms with E-state index in [1.807, 2.05) is 6.07 Å². The minimum Gasteiger partial charge on any atom is -0.496 e. The van der Waals surface area contributed by atoms with Crippen LogP contribution in [0.5, 0.6) is 5.75 Å². The Labute approximate surface area is 92.4 Å². The molecule has 2 nitrogen and oxygen atoms in total. The lowest BCUT2D eigenvalue weighted by Crippen LogP contribution is -1.97. The summed E-state index contributed by atoms with van der Waals surface area (Å²) in [7, 11) is 1.61. The Morgan fingerprint density at radius 3 is 2.50 bits per heavy atom. The summed E-state index contributed by atoms with van der Waals surface area (Å²) in [5.41, 5.74) is 1.72. The highest BCUT2D eigenvalue weighted by Crippen LogP contribution is 2.34. The standard InChI is InChI=1S/C11H13BrO2/c1-7(2)11-9(12)4-8(6-13)5-10(11)14-3/h4-7H,1-3H3. The second kappa shape index (κ2) is 4.60. The second-order valence-electron chi connectivity index (χ2n) is 3.39. The monoisotopic (exact) mass is 256 g/mol. The number of rotatable bonds is 3. The normalized spacial score (nSPS) is 10.4. The fourth-order valence-electron chi connectivity index (χ4n) is 1.41. The molecule has 1 rings (SSSR count). The summed E-state index contributed by atoms with van der Waals surface area (Å²) >= 11 is 3.44. The molecule has 0 atom stereocenters. The summed E-state index contributed by atoms with van der Waals surface area (Å²) in [6.07, 6.45) is 0.817. The topological polar surface area (TPSA) is 26.3 Å². The minimum atomic E-state index is 0.361. The molecule has 0 unspecified atom stereocenters. The average molecular weight is 257 g/mol. The van der Waals surface area contributed by atoms with Crippen LogP contribution in [0.4, 0.5) is 0 Å². The summed E-state index contributed by atoms with van der Waals surface area (Å²) < 4.78 is 6.17. The van der Waals surface area contributed by atoms with Crippen molar-refractivity contribution in [3.05, 3.63) is 27.7 Å². The van der Waals surface area contributed by atoms with Crippen LogP contribution in [0.1, 0.15) is 35.7 Å². The molecule has 0 aliphatic carbocycles. The van der Waals surface area contributed by atoms with E-state index in [1.54, 1.807) is 13.2 Å². The zero-order valence-electron chi connectivity index (χ0n) is 8.50. The lowest BCUT2D eigenvalue weighted by atomic mass is 10.0. The molecular weight excluding hydrogens is 244 g/mol. The van der Waals surface area contributed by atoms with Crippen LogP contribution in [0, 0.1) is 0 Å². The van der Waals surface area contributed by atoms with Crippen molar-refractivity contribution in [2.45, 2.75) is 19.8 Å². The van der Waals surface area contributed by atoms with Gasteiger partial charge in [-0.25, -0.2) is 0 Å². The average Bonchev–Trinajstić information content (AvgIpc) is 2.15. The summed E-state index contributed by atoms with van der Waals surface area (Å²) in [5, 5.41) is 0. The van der Waals surface area contributed by atoms with Crippen molar-refractivity contribution in [3.8, 4) is 5.75 Å². The van der Waals surface area contributed by atoms with E-state index in [0.717, 1.165) is 22.1 Å². The molecule has 1 aromatic rings. The fraction of sp³-hybridized carbons (Fsp3) is 0.364. The Hall–Kier alpha value is -0.830. The number of methoxy groups -OCH3 is 1. The molecular formula is C11H13BrO2. The molecule has 76 valence electrons. The van der Waals surface area contributed by atoms with Crippen LogP contribution in [-0.4, -0.2) is 13.4 Å². The van der Waals surface area contributed by atoms with E-state index in [2.05, 4.69) is 29.8 Å². The number of carbonyl (C=O) groups is 1. The summed E-state index contributed by atoms with van der Waals surface area (Å²) in [5.74, 6) is 1.12. The first-order valence-electron chi connectivity index (χ1n) is 4.42. The third-order valence-electron chi connectivity index (χ3n) is 2.05. The van der Waals surface area contributed by atoms with Crippen molar-refractivity contribution in [2.24, 2.45) is 0 Å². The molecule has 0 saturated carbocycles. The van der Waals surface area contributed by atoms with Crippen LogP contribution in [-0.2, 0) is 0 Å². The third-order valence-corrected chi connectivity index (χ3v) is 2.70. The Morgan fingerprint density at radius 2 is 2.07 bits per heavy atom. The maximum atomic E-state index is 10.6. The van der Waals surface area contributed by atoms with Gasteiger partial charge in [-0.1, -0.05) is 29.8 Å². The molecule has 0 amide bonds. The van der Waals surface area contributed by atoms with Crippen molar-refractivity contribution in [1.29, 1.82) is 0 Å². The first-order valence-corrected chi connectivity index (χ1v) is 5.22. The second-order valence-corrected chi connectivity index (χ2v) is 4.25. The lowest BCUT2D eigenvalue weighted by molar-refractivity contribution is 0.112. The maximum absolute atomic E-state index is 10.6. The molecule has 0 aliphatic rings. The SMILES string of the molecule is COc1cc(C=O)cc(Br)c1C(C)C. The number of aldehydes is 1. The van der Waals surface area contributed by atoms with Crippen LogP contribution >= 0.6 is 15.9 Å². The van der Waals surface area contributed by atoms with E-state index in [4.69, 9.17) is 4.74 Å². The van der Waals surface area contributed by atoms with Crippen LogP contribution in [0.15, 0.2) is 16.6 Å². The zero-order chi connectivity index (χ0) is 10.7. The van der Waals surface area contributed by atoms with Gasteiger partial charge in [0.1, 0.15) is 12.0 Å². The van der Waals surface area contributed by atoms with Crippen molar-refractivity contribution >= 4 is 22.2 Å². The molecule has 0 heterocycles. The molecule has 0 radical (unpaired) electrons. The number of halogens is 1. The lowest BCUT2D eigenvalue weighted by Gasteiger charge is -2.14. The van der Waals surface area contributed by atoms with Crippen LogP contribution in [0.3, 0.4) is 0 Å². The summed E-state index contributed by atoms with van der Waals surface area (Å²) in [6, 6.07) is 3.57. The number of ether oxygens (including phenoxy) is 1. The van der Waals surface area contributed by atoms with Gasteiger partial charge in [-0.2, -0.15) is 0 Å². The highest BCUT2D eigenvalue weighted by Gasteiger charge is 2.12. The van der Waals surface area contributed by atoms with Gasteiger partial charge in [-0.3, -0.25) is 4.79 Å². The Balaban J connectivity index is 3.34. The largest absolute Gasteiger partial charge is 0.496 e. The van der Waals surface area contributed by atoms with E-state index >= 15 is 0 Å². The minimum absolute atomic E-state index is 0.361. The van der Waals surface area contributed by atoms with Crippen LogP contribution in [0.2, 0.25) is 0 Å².